The van der Waals surface area contributed by atoms with E-state index in [1.807, 2.05) is 20.8 Å². The van der Waals surface area contributed by atoms with Gasteiger partial charge in [0.05, 0.1) is 6.07 Å². The zero-order chi connectivity index (χ0) is 14.6. The number of nitriles is 1. The topological polar surface area (TPSA) is 56.9 Å². The predicted octanol–water partition coefficient (Wildman–Crippen LogP) is 5.20. The maximum atomic E-state index is 8.40. The monoisotopic (exact) mass is 266 g/mol. The van der Waals surface area contributed by atoms with E-state index in [1.54, 1.807) is 0 Å². The van der Waals surface area contributed by atoms with Gasteiger partial charge in [0.15, 0.2) is 5.90 Å². The molecule has 0 amide bonds. The molecule has 1 N–H and O–H groups in total. The number of nitrogens with zero attached hydrogens (tertiary/aromatic N) is 1. The van der Waals surface area contributed by atoms with Gasteiger partial charge in [-0.3, -0.25) is 5.41 Å². The van der Waals surface area contributed by atoms with Gasteiger partial charge in [0.25, 0.3) is 0 Å². The van der Waals surface area contributed by atoms with Gasteiger partial charge in [0.2, 0.25) is 0 Å². The van der Waals surface area contributed by atoms with Crippen molar-refractivity contribution in [3.8, 4) is 6.07 Å². The standard InChI is InChI=1S/C16H30N2O/c1-16(2,3)19-15(18)13-11-9-7-5-4-6-8-10-12-14-17/h18H,4-13H2,1-3H3. The zero-order valence-electron chi connectivity index (χ0n) is 12.9. The molecule has 0 fully saturated rings. The second kappa shape index (κ2) is 10.8. The van der Waals surface area contributed by atoms with Crippen LogP contribution < -0.4 is 0 Å². The molecule has 0 rings (SSSR count). The Balaban J connectivity index is 3.23. The summed E-state index contributed by atoms with van der Waals surface area (Å²) in [5.41, 5.74) is -0.236. The van der Waals surface area contributed by atoms with E-state index in [-0.39, 0.29) is 5.60 Å². The SMILES string of the molecule is CC(C)(C)OC(=N)CCCCCCCCCCC#N. The summed E-state index contributed by atoms with van der Waals surface area (Å²) >= 11 is 0. The molecular weight excluding hydrogens is 236 g/mol. The number of ether oxygens (including phenoxy) is 1. The normalized spacial score (nSPS) is 11.1. The smallest absolute Gasteiger partial charge is 0.180 e. The molecule has 0 saturated carbocycles. The van der Waals surface area contributed by atoms with Gasteiger partial charge in [-0.25, -0.2) is 0 Å². The van der Waals surface area contributed by atoms with E-state index < -0.39 is 0 Å². The Kier molecular flexibility index (Phi) is 10.2. The molecule has 3 nitrogen and oxygen atoms in total. The summed E-state index contributed by atoms with van der Waals surface area (Å²) < 4.78 is 5.48. The Morgan fingerprint density at radius 1 is 0.947 bits per heavy atom. The summed E-state index contributed by atoms with van der Waals surface area (Å²) in [6.45, 7) is 5.94. The van der Waals surface area contributed by atoms with Crippen molar-refractivity contribution in [1.29, 1.82) is 10.7 Å². The fourth-order valence-electron chi connectivity index (χ4n) is 1.97. The van der Waals surface area contributed by atoms with Crippen molar-refractivity contribution < 1.29 is 4.74 Å². The highest BCUT2D eigenvalue weighted by atomic mass is 16.5. The Morgan fingerprint density at radius 2 is 1.42 bits per heavy atom. The number of rotatable bonds is 10. The predicted molar refractivity (Wildman–Crippen MR) is 80.3 cm³/mol. The highest BCUT2D eigenvalue weighted by molar-refractivity contribution is 5.72. The van der Waals surface area contributed by atoms with E-state index in [0.717, 1.165) is 19.3 Å². The maximum Gasteiger partial charge on any atom is 0.180 e. The summed E-state index contributed by atoms with van der Waals surface area (Å²) in [6, 6.07) is 2.18. The number of hydrogen-bond donors (Lipinski definition) is 1. The van der Waals surface area contributed by atoms with Crippen molar-refractivity contribution >= 4 is 5.90 Å². The summed E-state index contributed by atoms with van der Waals surface area (Å²) in [4.78, 5) is 0. The van der Waals surface area contributed by atoms with Crippen LogP contribution in [0.5, 0.6) is 0 Å². The van der Waals surface area contributed by atoms with Crippen LogP contribution in [-0.2, 0) is 4.74 Å². The molecule has 0 aromatic heterocycles. The van der Waals surface area contributed by atoms with Crippen LogP contribution in [0.25, 0.3) is 0 Å². The number of unbranched alkanes of at least 4 members (excludes halogenated alkanes) is 8. The van der Waals surface area contributed by atoms with Crippen molar-refractivity contribution in [3.05, 3.63) is 0 Å². The van der Waals surface area contributed by atoms with Crippen molar-refractivity contribution in [3.63, 3.8) is 0 Å². The van der Waals surface area contributed by atoms with E-state index in [2.05, 4.69) is 6.07 Å². The lowest BCUT2D eigenvalue weighted by atomic mass is 10.1. The zero-order valence-corrected chi connectivity index (χ0v) is 12.9. The van der Waals surface area contributed by atoms with Crippen molar-refractivity contribution in [2.45, 2.75) is 90.6 Å². The molecule has 0 atom stereocenters. The van der Waals surface area contributed by atoms with Gasteiger partial charge in [0, 0.05) is 12.8 Å². The van der Waals surface area contributed by atoms with Crippen LogP contribution in [0.1, 0.15) is 85.0 Å². The molecule has 3 heteroatoms. The molecule has 0 saturated heterocycles. The van der Waals surface area contributed by atoms with Crippen LogP contribution in [0.2, 0.25) is 0 Å². The average molecular weight is 266 g/mol. The lowest BCUT2D eigenvalue weighted by Crippen LogP contribution is -2.23. The van der Waals surface area contributed by atoms with Crippen LogP contribution in [-0.4, -0.2) is 11.5 Å². The Labute approximate surface area is 118 Å². The van der Waals surface area contributed by atoms with Crippen LogP contribution in [0.15, 0.2) is 0 Å². The van der Waals surface area contributed by atoms with Gasteiger partial charge in [0.1, 0.15) is 5.60 Å². The van der Waals surface area contributed by atoms with E-state index in [0.29, 0.717) is 12.3 Å². The van der Waals surface area contributed by atoms with E-state index >= 15 is 0 Å². The van der Waals surface area contributed by atoms with Crippen LogP contribution in [0, 0.1) is 16.7 Å². The lowest BCUT2D eigenvalue weighted by Gasteiger charge is -2.21. The fraction of sp³-hybridized carbons (Fsp3) is 0.875. The maximum absolute atomic E-state index is 8.40. The third kappa shape index (κ3) is 14.9. The minimum absolute atomic E-state index is 0.236. The molecule has 0 bridgehead atoms. The first-order valence-corrected chi connectivity index (χ1v) is 7.59. The van der Waals surface area contributed by atoms with E-state index in [1.165, 1.54) is 38.5 Å². The minimum Gasteiger partial charge on any atom is -0.476 e. The molecular formula is C16H30N2O. The van der Waals surface area contributed by atoms with Gasteiger partial charge in [-0.05, 0) is 33.6 Å². The fourth-order valence-corrected chi connectivity index (χ4v) is 1.97. The second-order valence-corrected chi connectivity index (χ2v) is 6.12. The third-order valence-electron chi connectivity index (χ3n) is 2.87. The molecule has 0 aromatic carbocycles. The van der Waals surface area contributed by atoms with Gasteiger partial charge in [-0.15, -0.1) is 0 Å². The van der Waals surface area contributed by atoms with Crippen LogP contribution >= 0.6 is 0 Å². The first-order valence-electron chi connectivity index (χ1n) is 7.59. The molecule has 0 unspecified atom stereocenters. The van der Waals surface area contributed by atoms with Gasteiger partial charge >= 0.3 is 0 Å². The number of nitrogens with one attached hydrogen (secondary N) is 1. The lowest BCUT2D eigenvalue weighted by molar-refractivity contribution is 0.110. The third-order valence-corrected chi connectivity index (χ3v) is 2.87. The first kappa shape index (κ1) is 18.0. The molecule has 0 aliphatic rings. The van der Waals surface area contributed by atoms with Crippen LogP contribution in [0.4, 0.5) is 0 Å². The molecule has 0 aliphatic heterocycles. The van der Waals surface area contributed by atoms with Gasteiger partial charge < -0.3 is 4.74 Å². The summed E-state index contributed by atoms with van der Waals surface area (Å²) in [5.74, 6) is 0.420. The van der Waals surface area contributed by atoms with Crippen LogP contribution in [0.3, 0.4) is 0 Å². The van der Waals surface area contributed by atoms with Crippen molar-refractivity contribution in [2.75, 3.05) is 0 Å². The number of hydrogen-bond acceptors (Lipinski definition) is 3. The molecule has 0 heterocycles. The Bertz CT molecular complexity index is 273. The molecule has 19 heavy (non-hydrogen) atoms. The summed E-state index contributed by atoms with van der Waals surface area (Å²) in [6.07, 6.45) is 11.0. The molecule has 0 aliphatic carbocycles. The van der Waals surface area contributed by atoms with E-state index in [9.17, 15) is 0 Å². The quantitative estimate of drug-likeness (QED) is 0.335. The first-order chi connectivity index (χ1) is 8.95. The Hall–Kier alpha value is -1.04. The largest absolute Gasteiger partial charge is 0.476 e. The molecule has 0 radical (unpaired) electrons. The minimum atomic E-state index is -0.236. The highest BCUT2D eigenvalue weighted by Gasteiger charge is 2.12. The highest BCUT2D eigenvalue weighted by Crippen LogP contribution is 2.13. The average Bonchev–Trinajstić information content (AvgIpc) is 2.29. The van der Waals surface area contributed by atoms with Gasteiger partial charge in [-0.2, -0.15) is 5.26 Å². The summed E-state index contributed by atoms with van der Waals surface area (Å²) in [7, 11) is 0. The molecule has 110 valence electrons. The Morgan fingerprint density at radius 3 is 1.89 bits per heavy atom. The summed E-state index contributed by atoms with van der Waals surface area (Å²) in [5, 5.41) is 16.1. The molecule has 0 spiro atoms. The van der Waals surface area contributed by atoms with Gasteiger partial charge in [-0.1, -0.05) is 38.5 Å². The van der Waals surface area contributed by atoms with Crippen molar-refractivity contribution in [1.82, 2.24) is 0 Å². The van der Waals surface area contributed by atoms with E-state index in [4.69, 9.17) is 15.4 Å². The molecule has 0 aromatic rings. The second-order valence-electron chi connectivity index (χ2n) is 6.12. The van der Waals surface area contributed by atoms with Crippen molar-refractivity contribution in [2.24, 2.45) is 0 Å².